The molecule has 47 heavy (non-hydrogen) atoms. The molecule has 0 aliphatic heterocycles. The van der Waals surface area contributed by atoms with Gasteiger partial charge in [0.2, 0.25) is 0 Å². The van der Waals surface area contributed by atoms with E-state index in [9.17, 15) is 0 Å². The van der Waals surface area contributed by atoms with E-state index in [1.54, 1.807) is 0 Å². The molecule has 0 N–H and O–H groups in total. The maximum absolute atomic E-state index is 2.45. The summed E-state index contributed by atoms with van der Waals surface area (Å²) in [5.74, 6) is 0. The normalized spacial score (nSPS) is 13.5. The van der Waals surface area contributed by atoms with Gasteiger partial charge in [0.05, 0.1) is 0 Å². The van der Waals surface area contributed by atoms with Crippen molar-refractivity contribution in [1.82, 2.24) is 0 Å². The van der Waals surface area contributed by atoms with Crippen molar-refractivity contribution in [3.05, 3.63) is 169 Å². The predicted molar refractivity (Wildman–Crippen MR) is 202 cm³/mol. The third kappa shape index (κ3) is 3.70. The average molecular weight is 597 g/mol. The molecular weight excluding hydrogens is 565 g/mol. The summed E-state index contributed by atoms with van der Waals surface area (Å²) in [5.41, 5.74) is 10.5. The SMILES string of the molecule is CC1(C)c2cc(-c3ccccc3)ccc2-c2ccc(-c3ccc4c5ccccc5c5c6ccccc6c6ccccc6c5c4c3)cc21. The molecular formula is C47H32. The summed E-state index contributed by atoms with van der Waals surface area (Å²) in [7, 11) is 0. The molecule has 0 heterocycles. The van der Waals surface area contributed by atoms with Crippen molar-refractivity contribution in [3.8, 4) is 33.4 Å². The molecule has 0 nitrogen and oxygen atoms in total. The summed E-state index contributed by atoms with van der Waals surface area (Å²) < 4.78 is 0. The molecule has 1 aliphatic carbocycles. The highest BCUT2D eigenvalue weighted by atomic mass is 14.4. The monoisotopic (exact) mass is 596 g/mol. The molecule has 0 spiro atoms. The number of fused-ring (bicyclic) bond motifs is 14. The Balaban J connectivity index is 1.22. The van der Waals surface area contributed by atoms with Gasteiger partial charge in [-0.2, -0.15) is 0 Å². The van der Waals surface area contributed by atoms with Gasteiger partial charge < -0.3 is 0 Å². The van der Waals surface area contributed by atoms with Gasteiger partial charge in [0.1, 0.15) is 0 Å². The molecule has 0 amide bonds. The summed E-state index contributed by atoms with van der Waals surface area (Å²) in [4.78, 5) is 0. The second-order valence-electron chi connectivity index (χ2n) is 13.7. The van der Waals surface area contributed by atoms with Gasteiger partial charge in [0.25, 0.3) is 0 Å². The smallest absolute Gasteiger partial charge is 0.0159 e. The van der Waals surface area contributed by atoms with Crippen LogP contribution in [0, 0.1) is 0 Å². The Morgan fingerprint density at radius 1 is 0.298 bits per heavy atom. The highest BCUT2D eigenvalue weighted by Crippen LogP contribution is 2.51. The molecule has 1 aliphatic rings. The van der Waals surface area contributed by atoms with Crippen molar-refractivity contribution in [3.63, 3.8) is 0 Å². The van der Waals surface area contributed by atoms with E-state index >= 15 is 0 Å². The lowest BCUT2D eigenvalue weighted by Gasteiger charge is -2.23. The largest absolute Gasteiger partial charge is 0.0622 e. The van der Waals surface area contributed by atoms with Crippen LogP contribution in [0.1, 0.15) is 25.0 Å². The van der Waals surface area contributed by atoms with Crippen LogP contribution in [-0.4, -0.2) is 0 Å². The maximum atomic E-state index is 2.45. The van der Waals surface area contributed by atoms with Gasteiger partial charge in [-0.05, 0) is 117 Å². The molecule has 0 saturated heterocycles. The summed E-state index contributed by atoms with van der Waals surface area (Å²) in [6.45, 7) is 4.76. The molecule has 0 radical (unpaired) electrons. The number of hydrogen-bond donors (Lipinski definition) is 0. The number of rotatable bonds is 2. The summed E-state index contributed by atoms with van der Waals surface area (Å²) >= 11 is 0. The minimum Gasteiger partial charge on any atom is -0.0622 e. The maximum Gasteiger partial charge on any atom is 0.0159 e. The first-order valence-corrected chi connectivity index (χ1v) is 16.6. The highest BCUT2D eigenvalue weighted by Gasteiger charge is 2.36. The van der Waals surface area contributed by atoms with Crippen LogP contribution in [0.4, 0.5) is 0 Å². The summed E-state index contributed by atoms with van der Waals surface area (Å²) in [6.07, 6.45) is 0. The molecule has 10 rings (SSSR count). The Morgan fingerprint density at radius 3 is 1.21 bits per heavy atom. The fourth-order valence-corrected chi connectivity index (χ4v) is 8.53. The average Bonchev–Trinajstić information content (AvgIpc) is 3.36. The first-order chi connectivity index (χ1) is 23.1. The Labute approximate surface area is 274 Å². The second-order valence-corrected chi connectivity index (χ2v) is 13.7. The molecule has 0 unspecified atom stereocenters. The highest BCUT2D eigenvalue weighted by molar-refractivity contribution is 6.39. The van der Waals surface area contributed by atoms with Gasteiger partial charge in [0.15, 0.2) is 0 Å². The van der Waals surface area contributed by atoms with Gasteiger partial charge in [0, 0.05) is 5.41 Å². The molecule has 0 saturated carbocycles. The van der Waals surface area contributed by atoms with Gasteiger partial charge in [-0.1, -0.05) is 153 Å². The quantitative estimate of drug-likeness (QED) is 0.174. The molecule has 0 atom stereocenters. The van der Waals surface area contributed by atoms with Gasteiger partial charge in [-0.15, -0.1) is 0 Å². The third-order valence-electron chi connectivity index (χ3n) is 10.8. The van der Waals surface area contributed by atoms with Gasteiger partial charge in [-0.25, -0.2) is 0 Å². The van der Waals surface area contributed by atoms with Crippen LogP contribution in [-0.2, 0) is 5.41 Å². The lowest BCUT2D eigenvalue weighted by molar-refractivity contribution is 0.661. The number of benzene rings is 9. The topological polar surface area (TPSA) is 0 Å². The molecule has 9 aromatic carbocycles. The zero-order chi connectivity index (χ0) is 31.3. The van der Waals surface area contributed by atoms with Crippen molar-refractivity contribution in [2.24, 2.45) is 0 Å². The third-order valence-corrected chi connectivity index (χ3v) is 10.8. The van der Waals surface area contributed by atoms with Crippen molar-refractivity contribution in [1.29, 1.82) is 0 Å². The number of hydrogen-bond acceptors (Lipinski definition) is 0. The zero-order valence-corrected chi connectivity index (χ0v) is 26.5. The minimum atomic E-state index is -0.0969. The van der Waals surface area contributed by atoms with Crippen molar-refractivity contribution >= 4 is 53.9 Å². The van der Waals surface area contributed by atoms with E-state index in [1.807, 2.05) is 0 Å². The van der Waals surface area contributed by atoms with Crippen LogP contribution in [0.5, 0.6) is 0 Å². The Morgan fingerprint density at radius 2 is 0.681 bits per heavy atom. The van der Waals surface area contributed by atoms with E-state index in [0.717, 1.165) is 0 Å². The molecule has 9 aromatic rings. The van der Waals surface area contributed by atoms with Crippen molar-refractivity contribution in [2.75, 3.05) is 0 Å². The second kappa shape index (κ2) is 9.64. The van der Waals surface area contributed by atoms with Crippen LogP contribution in [0.25, 0.3) is 87.2 Å². The van der Waals surface area contributed by atoms with Crippen LogP contribution < -0.4 is 0 Å². The van der Waals surface area contributed by atoms with Crippen LogP contribution >= 0.6 is 0 Å². The first-order valence-electron chi connectivity index (χ1n) is 16.6. The molecule has 0 aromatic heterocycles. The lowest BCUT2D eigenvalue weighted by Crippen LogP contribution is -2.15. The van der Waals surface area contributed by atoms with Crippen LogP contribution in [0.3, 0.4) is 0 Å². The van der Waals surface area contributed by atoms with E-state index < -0.39 is 0 Å². The zero-order valence-electron chi connectivity index (χ0n) is 26.5. The fourth-order valence-electron chi connectivity index (χ4n) is 8.53. The van der Waals surface area contributed by atoms with Crippen molar-refractivity contribution in [2.45, 2.75) is 19.3 Å². The first kappa shape index (κ1) is 26.5. The van der Waals surface area contributed by atoms with E-state index in [-0.39, 0.29) is 5.41 Å². The summed E-state index contributed by atoms with van der Waals surface area (Å²) in [6, 6.07) is 58.8. The van der Waals surface area contributed by atoms with E-state index in [4.69, 9.17) is 0 Å². The summed E-state index contributed by atoms with van der Waals surface area (Å²) in [5, 5.41) is 13.2. The lowest BCUT2D eigenvalue weighted by atomic mass is 9.80. The minimum absolute atomic E-state index is 0.0969. The van der Waals surface area contributed by atoms with Gasteiger partial charge in [-0.3, -0.25) is 0 Å². The fraction of sp³-hybridized carbons (Fsp3) is 0.0638. The Kier molecular flexibility index (Phi) is 5.44. The van der Waals surface area contributed by atoms with Crippen molar-refractivity contribution < 1.29 is 0 Å². The molecule has 0 heteroatoms. The molecule has 220 valence electrons. The standard InChI is InChI=1S/C47H32/c1-47(2)43-27-31(29-12-4-3-5-13-29)21-24-37(43)38-25-22-32(28-44(38)47)30-20-23-36-35-16-8-10-18-40(35)45-39-17-9-6-14-33(39)34-15-7-11-19-41(34)46(45)42(36)26-30/h3-28H,1-2H3. The Bertz CT molecular complexity index is 2730. The van der Waals surface area contributed by atoms with E-state index in [2.05, 4.69) is 172 Å². The van der Waals surface area contributed by atoms with Crippen LogP contribution in [0.15, 0.2) is 158 Å². The van der Waals surface area contributed by atoms with E-state index in [1.165, 1.54) is 98.4 Å². The molecule has 0 bridgehead atoms. The van der Waals surface area contributed by atoms with E-state index in [0.29, 0.717) is 0 Å². The van der Waals surface area contributed by atoms with Gasteiger partial charge >= 0.3 is 0 Å². The van der Waals surface area contributed by atoms with Crippen LogP contribution in [0.2, 0.25) is 0 Å². The Hall–Kier alpha value is -5.72. The predicted octanol–water partition coefficient (Wildman–Crippen LogP) is 13.1. The molecule has 0 fully saturated rings.